The Hall–Kier alpha value is -2.48. The maximum atomic E-state index is 13.6. The summed E-state index contributed by atoms with van der Waals surface area (Å²) in [5.74, 6) is -1.86. The van der Waals surface area contributed by atoms with Crippen LogP contribution < -0.4 is 4.74 Å². The van der Waals surface area contributed by atoms with Crippen molar-refractivity contribution in [1.82, 2.24) is 4.57 Å². The van der Waals surface area contributed by atoms with E-state index in [0.29, 0.717) is 11.1 Å². The molecule has 0 fully saturated rings. The van der Waals surface area contributed by atoms with Crippen molar-refractivity contribution in [2.45, 2.75) is 13.5 Å². The highest BCUT2D eigenvalue weighted by Crippen LogP contribution is 2.30. The molecule has 0 saturated carbocycles. The van der Waals surface area contributed by atoms with Crippen LogP contribution in [0.1, 0.15) is 16.1 Å². The molecule has 23 heavy (non-hydrogen) atoms. The number of nitrogens with zero attached hydrogens (tertiary/aromatic N) is 1. The molecule has 0 aliphatic rings. The van der Waals surface area contributed by atoms with Gasteiger partial charge >= 0.3 is 6.61 Å². The number of rotatable bonds is 3. The molecule has 4 nitrogen and oxygen atoms in total. The van der Waals surface area contributed by atoms with E-state index in [1.54, 1.807) is 13.0 Å². The number of halogens is 3. The van der Waals surface area contributed by atoms with Gasteiger partial charge in [0, 0.05) is 28.6 Å². The van der Waals surface area contributed by atoms with Gasteiger partial charge in [-0.2, -0.15) is 8.78 Å². The number of benzene rings is 1. The van der Waals surface area contributed by atoms with Gasteiger partial charge in [0.25, 0.3) is 5.91 Å². The molecule has 0 amide bonds. The minimum Gasteiger partial charge on any atom is -0.505 e. The summed E-state index contributed by atoms with van der Waals surface area (Å²) in [4.78, 5) is 12.6. The number of aromatic hydroxyl groups is 1. The number of hydrogen-bond acceptors (Lipinski definition) is 4. The quantitative estimate of drug-likeness (QED) is 0.779. The third kappa shape index (κ3) is 2.77. The smallest absolute Gasteiger partial charge is 0.388 e. The highest BCUT2D eigenvalue weighted by Gasteiger charge is 2.19. The minimum absolute atomic E-state index is 0.0821. The minimum atomic E-state index is -2.97. The molecule has 120 valence electrons. The number of aryl methyl sites for hydroxylation is 1. The fraction of sp³-hybridized carbons (Fsp3) is 0.133. The average molecular weight is 341 g/mol. The molecule has 0 aliphatic carbocycles. The van der Waals surface area contributed by atoms with Crippen LogP contribution in [-0.2, 0) is 0 Å². The first kappa shape index (κ1) is 15.4. The van der Waals surface area contributed by atoms with Crippen LogP contribution in [0.4, 0.5) is 13.2 Å². The zero-order valence-corrected chi connectivity index (χ0v) is 12.5. The lowest BCUT2D eigenvalue weighted by atomic mass is 10.2. The van der Waals surface area contributed by atoms with Crippen LogP contribution in [0.3, 0.4) is 0 Å². The Kier molecular flexibility index (Phi) is 3.77. The molecule has 0 unspecified atom stereocenters. The van der Waals surface area contributed by atoms with E-state index >= 15 is 0 Å². The van der Waals surface area contributed by atoms with Gasteiger partial charge in [-0.3, -0.25) is 9.36 Å². The average Bonchev–Trinajstić information content (AvgIpc) is 3.02. The zero-order chi connectivity index (χ0) is 16.7. The van der Waals surface area contributed by atoms with E-state index in [1.165, 1.54) is 22.1 Å². The Morgan fingerprint density at radius 1 is 1.30 bits per heavy atom. The fourth-order valence-electron chi connectivity index (χ4n) is 2.33. The van der Waals surface area contributed by atoms with Gasteiger partial charge in [-0.15, -0.1) is 11.3 Å². The van der Waals surface area contributed by atoms with Crippen molar-refractivity contribution in [3.8, 4) is 10.8 Å². The van der Waals surface area contributed by atoms with Crippen molar-refractivity contribution in [3.63, 3.8) is 0 Å². The molecule has 0 radical (unpaired) electrons. The third-order valence-corrected chi connectivity index (χ3v) is 4.10. The van der Waals surface area contributed by atoms with E-state index in [1.807, 2.05) is 0 Å². The monoisotopic (exact) mass is 341 g/mol. The van der Waals surface area contributed by atoms with Crippen molar-refractivity contribution < 1.29 is 27.8 Å². The summed E-state index contributed by atoms with van der Waals surface area (Å²) in [6.07, 6.45) is 0. The van der Waals surface area contributed by atoms with Gasteiger partial charge in [0.2, 0.25) is 0 Å². The number of phenolic OH excluding ortho intramolecular Hbond substituents is 1. The zero-order valence-electron chi connectivity index (χ0n) is 11.7. The predicted octanol–water partition coefficient (Wildman–Crippen LogP) is 4.15. The van der Waals surface area contributed by atoms with Crippen LogP contribution in [0.2, 0.25) is 0 Å². The van der Waals surface area contributed by atoms with E-state index in [4.69, 9.17) is 0 Å². The van der Waals surface area contributed by atoms with Crippen LogP contribution in [0, 0.1) is 12.7 Å². The second-order valence-electron chi connectivity index (χ2n) is 4.82. The summed E-state index contributed by atoms with van der Waals surface area (Å²) in [6.45, 7) is -1.32. The second-order valence-corrected chi connectivity index (χ2v) is 5.70. The van der Waals surface area contributed by atoms with Gasteiger partial charge in [-0.05, 0) is 19.1 Å². The van der Waals surface area contributed by atoms with Crippen LogP contribution in [0.5, 0.6) is 10.8 Å². The Morgan fingerprint density at radius 2 is 2.04 bits per heavy atom. The van der Waals surface area contributed by atoms with Crippen molar-refractivity contribution in [2.75, 3.05) is 0 Å². The van der Waals surface area contributed by atoms with Gasteiger partial charge < -0.3 is 9.84 Å². The first-order chi connectivity index (χ1) is 10.9. The van der Waals surface area contributed by atoms with Crippen molar-refractivity contribution >= 4 is 28.1 Å². The maximum Gasteiger partial charge on any atom is 0.388 e. The normalized spacial score (nSPS) is 11.3. The van der Waals surface area contributed by atoms with E-state index in [9.17, 15) is 23.1 Å². The number of hydrogen-bond donors (Lipinski definition) is 1. The van der Waals surface area contributed by atoms with Crippen LogP contribution in [0.25, 0.3) is 10.9 Å². The predicted molar refractivity (Wildman–Crippen MR) is 79.0 cm³/mol. The number of ether oxygens (including phenoxy) is 1. The van der Waals surface area contributed by atoms with Gasteiger partial charge in [0.1, 0.15) is 0 Å². The number of carbonyl (C=O) groups is 1. The van der Waals surface area contributed by atoms with E-state index in [-0.39, 0.29) is 16.1 Å². The Balaban J connectivity index is 2.05. The Morgan fingerprint density at radius 3 is 2.74 bits per heavy atom. The summed E-state index contributed by atoms with van der Waals surface area (Å²) in [5, 5.41) is 11.2. The van der Waals surface area contributed by atoms with Crippen LogP contribution in [0.15, 0.2) is 29.6 Å². The first-order valence-corrected chi connectivity index (χ1v) is 7.33. The largest absolute Gasteiger partial charge is 0.505 e. The number of alkyl halides is 2. The number of phenols is 1. The molecule has 3 rings (SSSR count). The molecule has 1 aromatic carbocycles. The van der Waals surface area contributed by atoms with Gasteiger partial charge in [-0.1, -0.05) is 0 Å². The molecule has 0 spiro atoms. The molecule has 0 bridgehead atoms. The Labute approximate surface area is 132 Å². The van der Waals surface area contributed by atoms with Gasteiger partial charge in [-0.25, -0.2) is 4.39 Å². The molecule has 0 aliphatic heterocycles. The third-order valence-electron chi connectivity index (χ3n) is 3.28. The highest BCUT2D eigenvalue weighted by molar-refractivity contribution is 7.12. The molecule has 8 heteroatoms. The number of aromatic nitrogens is 1. The summed E-state index contributed by atoms with van der Waals surface area (Å²) in [5.41, 5.74) is 0.961. The first-order valence-electron chi connectivity index (χ1n) is 6.45. The Bertz CT molecular complexity index is 901. The molecule has 0 atom stereocenters. The van der Waals surface area contributed by atoms with Gasteiger partial charge in [0.05, 0.1) is 11.1 Å². The summed E-state index contributed by atoms with van der Waals surface area (Å²) >= 11 is 0.870. The SMILES string of the molecule is Cc1cc2cc(O)c(F)cc2n1C(=O)c1csc(OC(F)F)c1. The van der Waals surface area contributed by atoms with Crippen molar-refractivity contribution in [3.05, 3.63) is 46.7 Å². The van der Waals surface area contributed by atoms with E-state index in [0.717, 1.165) is 17.4 Å². The summed E-state index contributed by atoms with van der Waals surface area (Å²) < 4.78 is 43.5. The lowest BCUT2D eigenvalue weighted by Crippen LogP contribution is -2.12. The van der Waals surface area contributed by atoms with Crippen molar-refractivity contribution in [1.29, 1.82) is 0 Å². The van der Waals surface area contributed by atoms with E-state index in [2.05, 4.69) is 4.74 Å². The topological polar surface area (TPSA) is 51.5 Å². The van der Waals surface area contributed by atoms with Gasteiger partial charge in [0.15, 0.2) is 16.6 Å². The maximum absolute atomic E-state index is 13.6. The molecule has 1 N–H and O–H groups in total. The lowest BCUT2D eigenvalue weighted by molar-refractivity contribution is -0.0472. The van der Waals surface area contributed by atoms with Crippen molar-refractivity contribution in [2.24, 2.45) is 0 Å². The molecule has 3 aromatic rings. The molecule has 0 saturated heterocycles. The lowest BCUT2D eigenvalue weighted by Gasteiger charge is -2.06. The van der Waals surface area contributed by atoms with Crippen LogP contribution in [-0.4, -0.2) is 22.2 Å². The molecule has 2 aromatic heterocycles. The molecule has 2 heterocycles. The second kappa shape index (κ2) is 5.62. The number of thiophene rings is 1. The van der Waals surface area contributed by atoms with Crippen LogP contribution >= 0.6 is 11.3 Å². The highest BCUT2D eigenvalue weighted by atomic mass is 32.1. The standard InChI is InChI=1S/C15H10F3NO3S/c1-7-2-8-3-12(20)10(16)5-11(8)19(7)14(21)9-4-13(23-6-9)22-15(17)18/h2-6,15,20H,1H3. The molecular weight excluding hydrogens is 331 g/mol. The van der Waals surface area contributed by atoms with E-state index < -0.39 is 24.1 Å². The summed E-state index contributed by atoms with van der Waals surface area (Å²) in [6, 6.07) is 5.11. The number of fused-ring (bicyclic) bond motifs is 1. The summed E-state index contributed by atoms with van der Waals surface area (Å²) in [7, 11) is 0. The fourth-order valence-corrected chi connectivity index (χ4v) is 3.07. The molecular formula is C15H10F3NO3S. The number of carbonyl (C=O) groups excluding carboxylic acids is 1.